The number of hydrogen-bond acceptors (Lipinski definition) is 6. The summed E-state index contributed by atoms with van der Waals surface area (Å²) in [7, 11) is 6.09. The lowest BCUT2D eigenvalue weighted by molar-refractivity contribution is -0.119. The molecule has 0 aliphatic rings. The van der Waals surface area contributed by atoms with Crippen LogP contribution >= 0.6 is 0 Å². The number of benzene rings is 2. The fraction of sp³-hybridized carbons (Fsp3) is 0.333. The van der Waals surface area contributed by atoms with E-state index in [1.54, 1.807) is 45.6 Å². The predicted octanol–water partition coefficient (Wildman–Crippen LogP) is 2.87. The first-order valence-electron chi connectivity index (χ1n) is 8.98. The Hall–Kier alpha value is -3.26. The molecule has 0 spiro atoms. The minimum atomic E-state index is -0.265. The lowest BCUT2D eigenvalue weighted by atomic mass is 10.1. The molecule has 0 atom stereocenters. The molecule has 0 aromatic heterocycles. The largest absolute Gasteiger partial charge is 0.493 e. The molecule has 0 aliphatic carbocycles. The van der Waals surface area contributed by atoms with E-state index < -0.39 is 0 Å². The number of carbonyl (C=O) groups excluding carboxylic acids is 2. The molecule has 0 bridgehead atoms. The van der Waals surface area contributed by atoms with E-state index in [1.165, 1.54) is 7.11 Å². The molecule has 29 heavy (non-hydrogen) atoms. The summed E-state index contributed by atoms with van der Waals surface area (Å²) in [6, 6.07) is 10.6. The number of aryl methyl sites for hydroxylation is 1. The molecule has 0 fully saturated rings. The Kier molecular flexibility index (Phi) is 8.29. The zero-order valence-electron chi connectivity index (χ0n) is 17.0. The molecule has 2 N–H and O–H groups in total. The van der Waals surface area contributed by atoms with Gasteiger partial charge in [0.05, 0.1) is 21.3 Å². The molecule has 2 amide bonds. The van der Waals surface area contributed by atoms with Crippen LogP contribution in [0.2, 0.25) is 0 Å². The van der Waals surface area contributed by atoms with Crippen LogP contribution in [0.1, 0.15) is 12.0 Å². The van der Waals surface area contributed by atoms with Gasteiger partial charge in [0, 0.05) is 24.9 Å². The Morgan fingerprint density at radius 1 is 0.828 bits per heavy atom. The normalized spacial score (nSPS) is 10.2. The van der Waals surface area contributed by atoms with Crippen molar-refractivity contribution in [2.45, 2.75) is 12.8 Å². The van der Waals surface area contributed by atoms with Crippen LogP contribution in [0, 0.1) is 0 Å². The molecular formula is C21H26N2O6. The number of nitrogens with one attached hydrogen (secondary N) is 2. The standard InChI is InChI=1S/C21H26N2O6/c1-26-13-20(25)23-16-7-5-6-15(12-16)22-19(24)9-8-14-10-17(27-2)21(29-4)18(11-14)28-3/h5-7,10-12H,8-9,13H2,1-4H3,(H,22,24)(H,23,25). The fourth-order valence-electron chi connectivity index (χ4n) is 2.76. The van der Waals surface area contributed by atoms with Crippen LogP contribution in [0.4, 0.5) is 11.4 Å². The molecule has 2 aromatic carbocycles. The summed E-state index contributed by atoms with van der Waals surface area (Å²) < 4.78 is 20.8. The minimum absolute atomic E-state index is 0.0363. The van der Waals surface area contributed by atoms with Gasteiger partial charge in [-0.05, 0) is 42.3 Å². The fourth-order valence-corrected chi connectivity index (χ4v) is 2.76. The highest BCUT2D eigenvalue weighted by atomic mass is 16.5. The molecule has 0 aliphatic heterocycles. The Bertz CT molecular complexity index is 828. The van der Waals surface area contributed by atoms with Gasteiger partial charge in [-0.3, -0.25) is 9.59 Å². The first kappa shape index (κ1) is 22.0. The van der Waals surface area contributed by atoms with E-state index in [0.717, 1.165) is 5.56 Å². The number of carbonyl (C=O) groups is 2. The van der Waals surface area contributed by atoms with Crippen LogP contribution in [0.25, 0.3) is 0 Å². The second-order valence-electron chi connectivity index (χ2n) is 6.14. The number of hydrogen-bond donors (Lipinski definition) is 2. The van der Waals surface area contributed by atoms with Crippen molar-refractivity contribution in [2.24, 2.45) is 0 Å². The maximum absolute atomic E-state index is 12.3. The molecular weight excluding hydrogens is 376 g/mol. The van der Waals surface area contributed by atoms with Crippen molar-refractivity contribution in [2.75, 3.05) is 45.7 Å². The van der Waals surface area contributed by atoms with Crippen LogP contribution in [0.3, 0.4) is 0 Å². The highest BCUT2D eigenvalue weighted by molar-refractivity contribution is 5.94. The van der Waals surface area contributed by atoms with Crippen molar-refractivity contribution in [3.63, 3.8) is 0 Å². The summed E-state index contributed by atoms with van der Waals surface area (Å²) in [5.74, 6) is 1.18. The maximum atomic E-state index is 12.3. The molecule has 0 saturated carbocycles. The van der Waals surface area contributed by atoms with Gasteiger partial charge in [0.1, 0.15) is 6.61 Å². The Morgan fingerprint density at radius 2 is 1.41 bits per heavy atom. The summed E-state index contributed by atoms with van der Waals surface area (Å²) in [5.41, 5.74) is 2.06. The number of rotatable bonds is 10. The summed E-state index contributed by atoms with van der Waals surface area (Å²) >= 11 is 0. The lowest BCUT2D eigenvalue weighted by Gasteiger charge is -2.14. The van der Waals surface area contributed by atoms with Gasteiger partial charge in [0.15, 0.2) is 11.5 Å². The van der Waals surface area contributed by atoms with Gasteiger partial charge in [-0.25, -0.2) is 0 Å². The van der Waals surface area contributed by atoms with Crippen LogP contribution in [-0.4, -0.2) is 46.9 Å². The first-order valence-corrected chi connectivity index (χ1v) is 8.98. The molecule has 2 aromatic rings. The first-order chi connectivity index (χ1) is 14.0. The van der Waals surface area contributed by atoms with E-state index in [-0.39, 0.29) is 24.8 Å². The van der Waals surface area contributed by atoms with Crippen LogP contribution in [0.15, 0.2) is 36.4 Å². The second kappa shape index (κ2) is 10.9. The van der Waals surface area contributed by atoms with E-state index in [1.807, 2.05) is 12.1 Å². The quantitative estimate of drug-likeness (QED) is 0.635. The van der Waals surface area contributed by atoms with Gasteiger partial charge >= 0.3 is 0 Å². The second-order valence-corrected chi connectivity index (χ2v) is 6.14. The van der Waals surface area contributed by atoms with Crippen LogP contribution < -0.4 is 24.8 Å². The van der Waals surface area contributed by atoms with Gasteiger partial charge in [-0.15, -0.1) is 0 Å². The van der Waals surface area contributed by atoms with E-state index in [2.05, 4.69) is 10.6 Å². The van der Waals surface area contributed by atoms with Gasteiger partial charge in [0.2, 0.25) is 17.6 Å². The maximum Gasteiger partial charge on any atom is 0.250 e. The Morgan fingerprint density at radius 3 is 1.93 bits per heavy atom. The lowest BCUT2D eigenvalue weighted by Crippen LogP contribution is -2.17. The zero-order chi connectivity index (χ0) is 21.2. The molecule has 8 nitrogen and oxygen atoms in total. The SMILES string of the molecule is COCC(=O)Nc1cccc(NC(=O)CCc2cc(OC)c(OC)c(OC)c2)c1. The molecule has 0 heterocycles. The third-order valence-corrected chi connectivity index (χ3v) is 4.07. The Labute approximate surface area is 170 Å². The smallest absolute Gasteiger partial charge is 0.250 e. The van der Waals surface area contributed by atoms with Gasteiger partial charge < -0.3 is 29.6 Å². The van der Waals surface area contributed by atoms with Crippen molar-refractivity contribution in [3.05, 3.63) is 42.0 Å². The average molecular weight is 402 g/mol. The summed E-state index contributed by atoms with van der Waals surface area (Å²) in [6.07, 6.45) is 0.756. The topological polar surface area (TPSA) is 95.1 Å². The zero-order valence-corrected chi connectivity index (χ0v) is 17.0. The molecule has 0 radical (unpaired) electrons. The van der Waals surface area contributed by atoms with Crippen molar-refractivity contribution < 1.29 is 28.5 Å². The molecule has 0 saturated heterocycles. The van der Waals surface area contributed by atoms with Crippen molar-refractivity contribution >= 4 is 23.2 Å². The number of anilines is 2. The highest BCUT2D eigenvalue weighted by Gasteiger charge is 2.14. The van der Waals surface area contributed by atoms with Crippen LogP contribution in [-0.2, 0) is 20.7 Å². The van der Waals surface area contributed by atoms with E-state index in [9.17, 15) is 9.59 Å². The summed E-state index contributed by atoms with van der Waals surface area (Å²) in [5, 5.41) is 5.52. The highest BCUT2D eigenvalue weighted by Crippen LogP contribution is 2.38. The molecule has 0 unspecified atom stereocenters. The van der Waals surface area contributed by atoms with Crippen LogP contribution in [0.5, 0.6) is 17.2 Å². The molecule has 8 heteroatoms. The number of methoxy groups -OCH3 is 4. The summed E-state index contributed by atoms with van der Waals surface area (Å²) in [6.45, 7) is -0.0363. The van der Waals surface area contributed by atoms with E-state index in [4.69, 9.17) is 18.9 Å². The summed E-state index contributed by atoms with van der Waals surface area (Å²) in [4.78, 5) is 24.0. The van der Waals surface area contributed by atoms with E-state index >= 15 is 0 Å². The number of amides is 2. The van der Waals surface area contributed by atoms with Gasteiger partial charge in [-0.2, -0.15) is 0 Å². The molecule has 156 valence electrons. The Balaban J connectivity index is 1.99. The van der Waals surface area contributed by atoms with Gasteiger partial charge in [-0.1, -0.05) is 6.07 Å². The van der Waals surface area contributed by atoms with Crippen molar-refractivity contribution in [3.8, 4) is 17.2 Å². The van der Waals surface area contributed by atoms with E-state index in [0.29, 0.717) is 35.0 Å². The van der Waals surface area contributed by atoms with Crippen molar-refractivity contribution in [1.29, 1.82) is 0 Å². The molecule has 2 rings (SSSR count). The third-order valence-electron chi connectivity index (χ3n) is 4.07. The number of ether oxygens (including phenoxy) is 4. The van der Waals surface area contributed by atoms with Gasteiger partial charge in [0.25, 0.3) is 0 Å². The predicted molar refractivity (Wildman–Crippen MR) is 110 cm³/mol. The van der Waals surface area contributed by atoms with Crippen molar-refractivity contribution in [1.82, 2.24) is 0 Å². The monoisotopic (exact) mass is 402 g/mol. The average Bonchev–Trinajstić information content (AvgIpc) is 2.71. The minimum Gasteiger partial charge on any atom is -0.493 e. The third kappa shape index (κ3) is 6.39.